The van der Waals surface area contributed by atoms with Gasteiger partial charge in [-0.3, -0.25) is 9.48 Å². The molecule has 2 heterocycles. The largest absolute Gasteiger partial charge is 0.356 e. The zero-order valence-corrected chi connectivity index (χ0v) is 12.7. The van der Waals surface area contributed by atoms with Gasteiger partial charge in [-0.25, -0.2) is 0 Å². The maximum absolute atomic E-state index is 11.3. The number of hydrogen-bond donors (Lipinski definition) is 0. The molecule has 0 N–H and O–H groups in total. The number of aromatic nitrogens is 2. The molecule has 1 aromatic rings. The lowest BCUT2D eigenvalue weighted by molar-refractivity contribution is 0.112. The first-order valence-electron chi connectivity index (χ1n) is 7.89. The van der Waals surface area contributed by atoms with Crippen LogP contribution in [0.5, 0.6) is 0 Å². The van der Waals surface area contributed by atoms with Crippen molar-refractivity contribution in [1.82, 2.24) is 9.78 Å². The summed E-state index contributed by atoms with van der Waals surface area (Å²) in [6, 6.07) is 0. The molecule has 110 valence electrons. The molecule has 1 aliphatic heterocycles. The third kappa shape index (κ3) is 2.25. The van der Waals surface area contributed by atoms with E-state index in [9.17, 15) is 4.79 Å². The fourth-order valence-electron chi connectivity index (χ4n) is 4.17. The van der Waals surface area contributed by atoms with Gasteiger partial charge in [0.25, 0.3) is 0 Å². The topological polar surface area (TPSA) is 38.1 Å². The van der Waals surface area contributed by atoms with Crippen molar-refractivity contribution < 1.29 is 4.79 Å². The van der Waals surface area contributed by atoms with E-state index in [4.69, 9.17) is 0 Å². The smallest absolute Gasteiger partial charge is 0.155 e. The third-order valence-electron chi connectivity index (χ3n) is 5.39. The van der Waals surface area contributed by atoms with E-state index in [2.05, 4.69) is 10.00 Å². The van der Waals surface area contributed by atoms with Gasteiger partial charge in [0.2, 0.25) is 0 Å². The van der Waals surface area contributed by atoms with Gasteiger partial charge >= 0.3 is 0 Å². The van der Waals surface area contributed by atoms with E-state index in [1.54, 1.807) is 0 Å². The second-order valence-electron chi connectivity index (χ2n) is 6.61. The summed E-state index contributed by atoms with van der Waals surface area (Å²) in [5, 5.41) is 4.40. The Labute approximate surface area is 121 Å². The highest BCUT2D eigenvalue weighted by Crippen LogP contribution is 2.45. The molecular formula is C16H25N3O. The summed E-state index contributed by atoms with van der Waals surface area (Å²) in [6.07, 6.45) is 10.6. The molecule has 1 saturated carbocycles. The van der Waals surface area contributed by atoms with E-state index in [0.717, 1.165) is 36.5 Å². The maximum atomic E-state index is 11.3. The number of aryl methyl sites for hydroxylation is 2. The van der Waals surface area contributed by atoms with Crippen molar-refractivity contribution >= 4 is 12.1 Å². The van der Waals surface area contributed by atoms with Crippen molar-refractivity contribution in [2.75, 3.05) is 18.0 Å². The van der Waals surface area contributed by atoms with Crippen molar-refractivity contribution in [2.24, 2.45) is 12.5 Å². The first-order chi connectivity index (χ1) is 9.65. The van der Waals surface area contributed by atoms with Crippen molar-refractivity contribution in [1.29, 1.82) is 0 Å². The SMILES string of the molecule is Cc1nn(C)c(N2CCC3(CCCCC3)CC2)c1C=O. The molecule has 1 saturated heterocycles. The number of hydrogen-bond acceptors (Lipinski definition) is 3. The molecule has 0 aromatic carbocycles. The highest BCUT2D eigenvalue weighted by atomic mass is 16.1. The van der Waals surface area contributed by atoms with Gasteiger partial charge < -0.3 is 4.90 Å². The minimum atomic E-state index is 0.601. The number of rotatable bonds is 2. The monoisotopic (exact) mass is 275 g/mol. The first-order valence-corrected chi connectivity index (χ1v) is 7.89. The molecule has 3 rings (SSSR count). The molecule has 1 aromatic heterocycles. The Hall–Kier alpha value is -1.32. The van der Waals surface area contributed by atoms with Crippen LogP contribution in [0.1, 0.15) is 61.0 Å². The Morgan fingerprint density at radius 1 is 1.10 bits per heavy atom. The number of carbonyl (C=O) groups excluding carboxylic acids is 1. The quantitative estimate of drug-likeness (QED) is 0.778. The molecule has 1 spiro atoms. The number of anilines is 1. The van der Waals surface area contributed by atoms with E-state index in [0.29, 0.717) is 5.41 Å². The molecule has 0 bridgehead atoms. The second-order valence-corrected chi connectivity index (χ2v) is 6.61. The first kappa shape index (κ1) is 13.7. The molecule has 20 heavy (non-hydrogen) atoms. The fourth-order valence-corrected chi connectivity index (χ4v) is 4.17. The minimum absolute atomic E-state index is 0.601. The van der Waals surface area contributed by atoms with Gasteiger partial charge in [0.15, 0.2) is 6.29 Å². The molecule has 1 aliphatic carbocycles. The predicted octanol–water partition coefficient (Wildman–Crippen LogP) is 3.09. The summed E-state index contributed by atoms with van der Waals surface area (Å²) in [6.45, 7) is 4.05. The summed E-state index contributed by atoms with van der Waals surface area (Å²) in [4.78, 5) is 13.7. The van der Waals surface area contributed by atoms with Crippen LogP contribution in [-0.2, 0) is 7.05 Å². The maximum Gasteiger partial charge on any atom is 0.155 e. The van der Waals surface area contributed by atoms with E-state index >= 15 is 0 Å². The van der Waals surface area contributed by atoms with Crippen LogP contribution in [0.25, 0.3) is 0 Å². The number of carbonyl (C=O) groups is 1. The number of aldehydes is 1. The van der Waals surface area contributed by atoms with Gasteiger partial charge in [-0.2, -0.15) is 5.10 Å². The van der Waals surface area contributed by atoms with E-state index in [-0.39, 0.29) is 0 Å². The van der Waals surface area contributed by atoms with Crippen molar-refractivity contribution in [3.63, 3.8) is 0 Å². The summed E-state index contributed by atoms with van der Waals surface area (Å²) >= 11 is 0. The molecule has 2 fully saturated rings. The van der Waals surface area contributed by atoms with Crippen LogP contribution >= 0.6 is 0 Å². The van der Waals surface area contributed by atoms with E-state index in [1.807, 2.05) is 18.7 Å². The van der Waals surface area contributed by atoms with Crippen LogP contribution < -0.4 is 4.90 Å². The molecule has 0 unspecified atom stereocenters. The van der Waals surface area contributed by atoms with Crippen LogP contribution in [-0.4, -0.2) is 29.2 Å². The van der Waals surface area contributed by atoms with Gasteiger partial charge in [-0.05, 0) is 38.0 Å². The Balaban J connectivity index is 1.76. The van der Waals surface area contributed by atoms with Crippen molar-refractivity contribution in [2.45, 2.75) is 51.9 Å². The molecule has 0 amide bonds. The van der Waals surface area contributed by atoms with Gasteiger partial charge in [0.05, 0.1) is 11.3 Å². The highest BCUT2D eigenvalue weighted by Gasteiger charge is 2.36. The number of nitrogens with zero attached hydrogens (tertiary/aromatic N) is 3. The van der Waals surface area contributed by atoms with Gasteiger partial charge in [-0.1, -0.05) is 19.3 Å². The standard InChI is InChI=1S/C16H25N3O/c1-13-14(12-20)15(18(2)17-13)19-10-8-16(9-11-19)6-4-3-5-7-16/h12H,3-11H2,1-2H3. The van der Waals surface area contributed by atoms with Crippen LogP contribution in [0.15, 0.2) is 0 Å². The zero-order chi connectivity index (χ0) is 14.2. The Kier molecular flexibility index (Phi) is 3.57. The second kappa shape index (κ2) is 5.23. The Morgan fingerprint density at radius 3 is 2.35 bits per heavy atom. The highest BCUT2D eigenvalue weighted by molar-refractivity contribution is 5.84. The van der Waals surface area contributed by atoms with Crippen molar-refractivity contribution in [3.05, 3.63) is 11.3 Å². The Morgan fingerprint density at radius 2 is 1.75 bits per heavy atom. The van der Waals surface area contributed by atoms with E-state index < -0.39 is 0 Å². The molecule has 0 radical (unpaired) electrons. The van der Waals surface area contributed by atoms with Gasteiger partial charge in [0, 0.05) is 20.1 Å². The normalized spacial score (nSPS) is 22.2. The molecule has 2 aliphatic rings. The summed E-state index contributed by atoms with van der Waals surface area (Å²) in [5.41, 5.74) is 2.21. The minimum Gasteiger partial charge on any atom is -0.356 e. The molecule has 4 heteroatoms. The average Bonchev–Trinajstić information content (AvgIpc) is 2.75. The third-order valence-corrected chi connectivity index (χ3v) is 5.39. The van der Waals surface area contributed by atoms with Gasteiger partial charge in [0.1, 0.15) is 5.82 Å². The van der Waals surface area contributed by atoms with Gasteiger partial charge in [-0.15, -0.1) is 0 Å². The average molecular weight is 275 g/mol. The number of piperidine rings is 1. The zero-order valence-electron chi connectivity index (χ0n) is 12.7. The summed E-state index contributed by atoms with van der Waals surface area (Å²) in [7, 11) is 1.94. The lowest BCUT2D eigenvalue weighted by Gasteiger charge is -2.45. The van der Waals surface area contributed by atoms with Crippen LogP contribution in [0.4, 0.5) is 5.82 Å². The van der Waals surface area contributed by atoms with Crippen LogP contribution in [0.2, 0.25) is 0 Å². The van der Waals surface area contributed by atoms with E-state index in [1.165, 1.54) is 44.9 Å². The lowest BCUT2D eigenvalue weighted by Crippen LogP contribution is -2.42. The van der Waals surface area contributed by atoms with Crippen LogP contribution in [0, 0.1) is 12.3 Å². The van der Waals surface area contributed by atoms with Crippen LogP contribution in [0.3, 0.4) is 0 Å². The summed E-state index contributed by atoms with van der Waals surface area (Å²) in [5.74, 6) is 1.02. The fraction of sp³-hybridized carbons (Fsp3) is 0.750. The lowest BCUT2D eigenvalue weighted by atomic mass is 9.68. The molecule has 0 atom stereocenters. The van der Waals surface area contributed by atoms with Crippen molar-refractivity contribution in [3.8, 4) is 0 Å². The Bertz CT molecular complexity index is 490. The molecular weight excluding hydrogens is 250 g/mol. The summed E-state index contributed by atoms with van der Waals surface area (Å²) < 4.78 is 1.87. The molecule has 4 nitrogen and oxygen atoms in total. The predicted molar refractivity (Wildman–Crippen MR) is 80.3 cm³/mol.